The van der Waals surface area contributed by atoms with Crippen molar-refractivity contribution in [2.45, 2.75) is 33.2 Å². The largest absolute Gasteiger partial charge is 0.496 e. The minimum Gasteiger partial charge on any atom is -0.496 e. The normalized spacial score (nSPS) is 12.2. The standard InChI is InChI=1S/C18H24N2O/c1-5-20-17(16-12-19-9-8-14(16)3)11-15-10-13(2)6-7-18(15)21-4/h6-10,12,17,20H,5,11H2,1-4H3. The summed E-state index contributed by atoms with van der Waals surface area (Å²) in [5.41, 5.74) is 5.00. The number of aryl methyl sites for hydroxylation is 2. The van der Waals surface area contributed by atoms with Crippen molar-refractivity contribution in [3.8, 4) is 5.75 Å². The van der Waals surface area contributed by atoms with Crippen molar-refractivity contribution >= 4 is 0 Å². The second-order valence-electron chi connectivity index (χ2n) is 5.36. The average Bonchev–Trinajstić information content (AvgIpc) is 2.48. The molecule has 0 amide bonds. The van der Waals surface area contributed by atoms with Gasteiger partial charge in [0.05, 0.1) is 7.11 Å². The SMILES string of the molecule is CCNC(Cc1cc(C)ccc1OC)c1cnccc1C. The molecule has 112 valence electrons. The van der Waals surface area contributed by atoms with Gasteiger partial charge in [0.2, 0.25) is 0 Å². The van der Waals surface area contributed by atoms with Gasteiger partial charge in [-0.05, 0) is 55.6 Å². The highest BCUT2D eigenvalue weighted by Crippen LogP contribution is 2.27. The number of rotatable bonds is 6. The molecule has 0 saturated carbocycles. The zero-order chi connectivity index (χ0) is 15.2. The molecule has 1 heterocycles. The van der Waals surface area contributed by atoms with Crippen molar-refractivity contribution in [2.24, 2.45) is 0 Å². The van der Waals surface area contributed by atoms with Crippen LogP contribution in [0.3, 0.4) is 0 Å². The quantitative estimate of drug-likeness (QED) is 0.880. The number of ether oxygens (including phenoxy) is 1. The maximum absolute atomic E-state index is 5.50. The number of pyridine rings is 1. The second-order valence-corrected chi connectivity index (χ2v) is 5.36. The molecule has 0 aliphatic carbocycles. The number of hydrogen-bond acceptors (Lipinski definition) is 3. The van der Waals surface area contributed by atoms with Crippen molar-refractivity contribution in [1.29, 1.82) is 0 Å². The summed E-state index contributed by atoms with van der Waals surface area (Å²) < 4.78 is 5.50. The molecule has 1 unspecified atom stereocenters. The fourth-order valence-corrected chi connectivity index (χ4v) is 2.67. The summed E-state index contributed by atoms with van der Waals surface area (Å²) in [6.07, 6.45) is 4.70. The molecule has 0 aliphatic rings. The first-order chi connectivity index (χ1) is 10.2. The van der Waals surface area contributed by atoms with Crippen LogP contribution in [0, 0.1) is 13.8 Å². The van der Waals surface area contributed by atoms with E-state index in [0.717, 1.165) is 18.7 Å². The number of methoxy groups -OCH3 is 1. The highest BCUT2D eigenvalue weighted by atomic mass is 16.5. The van der Waals surface area contributed by atoms with E-state index in [-0.39, 0.29) is 6.04 Å². The first kappa shape index (κ1) is 15.5. The first-order valence-corrected chi connectivity index (χ1v) is 7.43. The Morgan fingerprint density at radius 1 is 1.24 bits per heavy atom. The molecule has 1 N–H and O–H groups in total. The Balaban J connectivity index is 2.33. The molecule has 2 rings (SSSR count). The van der Waals surface area contributed by atoms with Gasteiger partial charge < -0.3 is 10.1 Å². The molecule has 21 heavy (non-hydrogen) atoms. The minimum absolute atomic E-state index is 0.249. The van der Waals surface area contributed by atoms with E-state index in [1.165, 1.54) is 22.3 Å². The summed E-state index contributed by atoms with van der Waals surface area (Å²) in [6, 6.07) is 8.64. The molecule has 3 heteroatoms. The molecule has 1 atom stereocenters. The molecular weight excluding hydrogens is 260 g/mol. The van der Waals surface area contributed by atoms with Crippen molar-refractivity contribution < 1.29 is 4.74 Å². The molecule has 0 bridgehead atoms. The molecule has 0 spiro atoms. The number of hydrogen-bond donors (Lipinski definition) is 1. The van der Waals surface area contributed by atoms with Crippen LogP contribution in [0.1, 0.15) is 35.2 Å². The lowest BCUT2D eigenvalue weighted by Crippen LogP contribution is -2.24. The summed E-state index contributed by atoms with van der Waals surface area (Å²) in [7, 11) is 1.73. The average molecular weight is 284 g/mol. The van der Waals surface area contributed by atoms with Crippen LogP contribution in [0.4, 0.5) is 0 Å². The zero-order valence-corrected chi connectivity index (χ0v) is 13.3. The summed E-state index contributed by atoms with van der Waals surface area (Å²) in [5.74, 6) is 0.949. The lowest BCUT2D eigenvalue weighted by molar-refractivity contribution is 0.405. The van der Waals surface area contributed by atoms with E-state index in [4.69, 9.17) is 4.74 Å². The number of likely N-dealkylation sites (N-methyl/N-ethyl adjacent to an activating group) is 1. The third-order valence-electron chi connectivity index (χ3n) is 3.77. The van der Waals surface area contributed by atoms with Crippen molar-refractivity contribution in [3.05, 3.63) is 58.9 Å². The molecule has 0 aliphatic heterocycles. The van der Waals surface area contributed by atoms with Gasteiger partial charge in [-0.2, -0.15) is 0 Å². The monoisotopic (exact) mass is 284 g/mol. The lowest BCUT2D eigenvalue weighted by Gasteiger charge is -2.21. The number of nitrogens with zero attached hydrogens (tertiary/aromatic N) is 1. The second kappa shape index (κ2) is 7.23. The highest BCUT2D eigenvalue weighted by Gasteiger charge is 2.16. The Labute approximate surface area is 127 Å². The van der Waals surface area contributed by atoms with Gasteiger partial charge in [0.15, 0.2) is 0 Å². The Bertz CT molecular complexity index is 596. The Kier molecular flexibility index (Phi) is 5.34. The van der Waals surface area contributed by atoms with Crippen LogP contribution in [-0.4, -0.2) is 18.6 Å². The van der Waals surface area contributed by atoms with Gasteiger partial charge in [-0.25, -0.2) is 0 Å². The van der Waals surface area contributed by atoms with Crippen LogP contribution >= 0.6 is 0 Å². The summed E-state index contributed by atoms with van der Waals surface area (Å²) >= 11 is 0. The summed E-state index contributed by atoms with van der Waals surface area (Å²) in [5, 5.41) is 3.56. The van der Waals surface area contributed by atoms with Gasteiger partial charge in [-0.3, -0.25) is 4.98 Å². The van der Waals surface area contributed by atoms with Crippen LogP contribution < -0.4 is 10.1 Å². The molecule has 0 radical (unpaired) electrons. The topological polar surface area (TPSA) is 34.1 Å². The van der Waals surface area contributed by atoms with E-state index < -0.39 is 0 Å². The van der Waals surface area contributed by atoms with E-state index in [0.29, 0.717) is 0 Å². The van der Waals surface area contributed by atoms with E-state index >= 15 is 0 Å². The van der Waals surface area contributed by atoms with Gasteiger partial charge >= 0.3 is 0 Å². The van der Waals surface area contributed by atoms with Crippen LogP contribution in [-0.2, 0) is 6.42 Å². The maximum Gasteiger partial charge on any atom is 0.122 e. The van der Waals surface area contributed by atoms with Gasteiger partial charge in [0, 0.05) is 18.4 Å². The fraction of sp³-hybridized carbons (Fsp3) is 0.389. The molecule has 0 fully saturated rings. The smallest absolute Gasteiger partial charge is 0.122 e. The predicted molar refractivity (Wildman–Crippen MR) is 86.8 cm³/mol. The number of nitrogens with one attached hydrogen (secondary N) is 1. The Morgan fingerprint density at radius 2 is 2.05 bits per heavy atom. The molecular formula is C18H24N2O. The van der Waals surface area contributed by atoms with Crippen LogP contribution in [0.5, 0.6) is 5.75 Å². The summed E-state index contributed by atoms with van der Waals surface area (Å²) in [4.78, 5) is 4.28. The molecule has 2 aromatic rings. The van der Waals surface area contributed by atoms with E-state index in [1.54, 1.807) is 7.11 Å². The number of benzene rings is 1. The van der Waals surface area contributed by atoms with Gasteiger partial charge in [-0.1, -0.05) is 24.6 Å². The fourth-order valence-electron chi connectivity index (χ4n) is 2.67. The molecule has 3 nitrogen and oxygen atoms in total. The van der Waals surface area contributed by atoms with E-state index in [2.05, 4.69) is 49.3 Å². The van der Waals surface area contributed by atoms with Crippen LogP contribution in [0.2, 0.25) is 0 Å². The highest BCUT2D eigenvalue weighted by molar-refractivity contribution is 5.39. The van der Waals surface area contributed by atoms with Crippen LogP contribution in [0.25, 0.3) is 0 Å². The van der Waals surface area contributed by atoms with Crippen molar-refractivity contribution in [2.75, 3.05) is 13.7 Å². The summed E-state index contributed by atoms with van der Waals surface area (Å²) in [6.45, 7) is 7.30. The third kappa shape index (κ3) is 3.82. The van der Waals surface area contributed by atoms with Gasteiger partial charge in [0.1, 0.15) is 5.75 Å². The molecule has 0 saturated heterocycles. The zero-order valence-electron chi connectivity index (χ0n) is 13.3. The first-order valence-electron chi connectivity index (χ1n) is 7.43. The lowest BCUT2D eigenvalue weighted by atomic mass is 9.95. The van der Waals surface area contributed by atoms with Crippen LogP contribution in [0.15, 0.2) is 36.7 Å². The van der Waals surface area contributed by atoms with Crippen molar-refractivity contribution in [1.82, 2.24) is 10.3 Å². The van der Waals surface area contributed by atoms with Gasteiger partial charge in [-0.15, -0.1) is 0 Å². The Hall–Kier alpha value is -1.87. The number of aromatic nitrogens is 1. The Morgan fingerprint density at radius 3 is 2.71 bits per heavy atom. The molecule has 1 aromatic carbocycles. The van der Waals surface area contributed by atoms with Gasteiger partial charge in [0.25, 0.3) is 0 Å². The van der Waals surface area contributed by atoms with Crippen molar-refractivity contribution in [3.63, 3.8) is 0 Å². The maximum atomic E-state index is 5.50. The predicted octanol–water partition coefficient (Wildman–Crippen LogP) is 3.60. The minimum atomic E-state index is 0.249. The van der Waals surface area contributed by atoms with E-state index in [1.807, 2.05) is 18.5 Å². The van der Waals surface area contributed by atoms with E-state index in [9.17, 15) is 0 Å². The third-order valence-corrected chi connectivity index (χ3v) is 3.77. The molecule has 1 aromatic heterocycles.